The van der Waals surface area contributed by atoms with E-state index in [-0.39, 0.29) is 11.8 Å². The average Bonchev–Trinajstić information content (AvgIpc) is 3.41. The smallest absolute Gasteiger partial charge is 0.275 e. The lowest BCUT2D eigenvalue weighted by molar-refractivity contribution is -0.132. The molecule has 0 saturated heterocycles. The molecule has 2 aromatic heterocycles. The molecular formula is C23H23N5O2. The highest BCUT2D eigenvalue weighted by Gasteiger charge is 2.31. The van der Waals surface area contributed by atoms with Crippen LogP contribution in [-0.2, 0) is 37.3 Å². The molecule has 0 radical (unpaired) electrons. The minimum absolute atomic E-state index is 0.0416. The molecule has 4 heterocycles. The summed E-state index contributed by atoms with van der Waals surface area (Å²) in [5, 5.41) is 7.34. The van der Waals surface area contributed by atoms with Gasteiger partial charge in [-0.15, -0.1) is 0 Å². The van der Waals surface area contributed by atoms with E-state index in [1.165, 1.54) is 11.1 Å². The Kier molecular flexibility index (Phi) is 4.78. The van der Waals surface area contributed by atoms with E-state index in [1.54, 1.807) is 12.4 Å². The van der Waals surface area contributed by atoms with E-state index in [2.05, 4.69) is 27.3 Å². The van der Waals surface area contributed by atoms with Gasteiger partial charge in [-0.2, -0.15) is 5.10 Å². The number of amides is 2. The molecule has 3 aromatic rings. The minimum atomic E-state index is -0.0416. The first-order valence-electron chi connectivity index (χ1n) is 10.3. The number of aryl methyl sites for hydroxylation is 1. The van der Waals surface area contributed by atoms with Crippen molar-refractivity contribution < 1.29 is 9.59 Å². The van der Waals surface area contributed by atoms with Gasteiger partial charge in [0.1, 0.15) is 0 Å². The molecule has 0 spiro atoms. The van der Waals surface area contributed by atoms with Crippen LogP contribution in [0.1, 0.15) is 44.9 Å². The van der Waals surface area contributed by atoms with Crippen LogP contribution in [0.4, 0.5) is 0 Å². The third-order valence-corrected chi connectivity index (χ3v) is 5.97. The van der Waals surface area contributed by atoms with E-state index in [0.29, 0.717) is 51.1 Å². The molecule has 2 amide bonds. The predicted molar refractivity (Wildman–Crippen MR) is 110 cm³/mol. The highest BCUT2D eigenvalue weighted by atomic mass is 16.2. The minimum Gasteiger partial charge on any atom is -0.336 e. The van der Waals surface area contributed by atoms with Crippen LogP contribution >= 0.6 is 0 Å². The summed E-state index contributed by atoms with van der Waals surface area (Å²) in [6.07, 6.45) is 5.30. The summed E-state index contributed by atoms with van der Waals surface area (Å²) in [6.45, 7) is 2.33. The molecule has 0 saturated carbocycles. The zero-order chi connectivity index (χ0) is 20.5. The molecule has 1 aromatic carbocycles. The van der Waals surface area contributed by atoms with Crippen LogP contribution in [-0.4, -0.2) is 43.3 Å². The fraction of sp³-hybridized carbons (Fsp3) is 0.304. The highest BCUT2D eigenvalue weighted by molar-refractivity contribution is 5.94. The zero-order valence-electron chi connectivity index (χ0n) is 16.7. The molecule has 2 aliphatic heterocycles. The number of nitrogens with zero attached hydrogens (tertiary/aromatic N) is 4. The Morgan fingerprint density at radius 2 is 1.80 bits per heavy atom. The number of nitrogens with one attached hydrogen (secondary N) is 1. The van der Waals surface area contributed by atoms with Gasteiger partial charge in [0.05, 0.1) is 12.2 Å². The summed E-state index contributed by atoms with van der Waals surface area (Å²) in [5.41, 5.74) is 5.77. The monoisotopic (exact) mass is 401 g/mol. The molecule has 1 N–H and O–H groups in total. The number of fused-ring (bicyclic) bond motifs is 2. The van der Waals surface area contributed by atoms with Crippen molar-refractivity contribution in [2.24, 2.45) is 0 Å². The van der Waals surface area contributed by atoms with Crippen molar-refractivity contribution in [1.82, 2.24) is 25.0 Å². The largest absolute Gasteiger partial charge is 0.336 e. The number of hydrogen-bond donors (Lipinski definition) is 1. The number of aromatic amines is 1. The van der Waals surface area contributed by atoms with Gasteiger partial charge in [0, 0.05) is 44.0 Å². The molecule has 0 fully saturated rings. The maximum atomic E-state index is 13.1. The van der Waals surface area contributed by atoms with Gasteiger partial charge >= 0.3 is 0 Å². The molecule has 7 heteroatoms. The first kappa shape index (κ1) is 18.5. The van der Waals surface area contributed by atoms with Crippen LogP contribution < -0.4 is 0 Å². The molecule has 0 aliphatic carbocycles. The summed E-state index contributed by atoms with van der Waals surface area (Å²) < 4.78 is 0. The van der Waals surface area contributed by atoms with Crippen molar-refractivity contribution in [1.29, 1.82) is 0 Å². The van der Waals surface area contributed by atoms with Crippen LogP contribution in [0.25, 0.3) is 0 Å². The van der Waals surface area contributed by atoms with Gasteiger partial charge in [0.15, 0.2) is 5.69 Å². The van der Waals surface area contributed by atoms with Crippen LogP contribution in [0.2, 0.25) is 0 Å². The molecule has 2 aliphatic rings. The van der Waals surface area contributed by atoms with Gasteiger partial charge in [-0.05, 0) is 35.6 Å². The number of carbonyl (C=O) groups is 2. The molecule has 0 atom stereocenters. The maximum absolute atomic E-state index is 13.1. The van der Waals surface area contributed by atoms with E-state index < -0.39 is 0 Å². The molecule has 152 valence electrons. The maximum Gasteiger partial charge on any atom is 0.275 e. The fourth-order valence-electron chi connectivity index (χ4n) is 4.29. The first-order valence-corrected chi connectivity index (χ1v) is 10.3. The molecular weight excluding hydrogens is 378 g/mol. The Bertz CT molecular complexity index is 1070. The number of aromatic nitrogens is 3. The molecule has 0 bridgehead atoms. The van der Waals surface area contributed by atoms with E-state index in [4.69, 9.17) is 0 Å². The van der Waals surface area contributed by atoms with Crippen molar-refractivity contribution >= 4 is 11.8 Å². The number of carbonyl (C=O) groups excluding carboxylic acids is 2. The lowest BCUT2D eigenvalue weighted by atomic mass is 10.0. The number of rotatable bonds is 4. The Labute approximate surface area is 174 Å². The average molecular weight is 401 g/mol. The summed E-state index contributed by atoms with van der Waals surface area (Å²) in [7, 11) is 0. The zero-order valence-corrected chi connectivity index (χ0v) is 16.7. The van der Waals surface area contributed by atoms with Gasteiger partial charge < -0.3 is 9.80 Å². The summed E-state index contributed by atoms with van der Waals surface area (Å²) >= 11 is 0. The van der Waals surface area contributed by atoms with Crippen LogP contribution in [0.3, 0.4) is 0 Å². The normalized spacial score (nSPS) is 15.1. The van der Waals surface area contributed by atoms with Crippen molar-refractivity contribution in [2.45, 2.75) is 38.9 Å². The van der Waals surface area contributed by atoms with E-state index in [1.807, 2.05) is 34.1 Å². The summed E-state index contributed by atoms with van der Waals surface area (Å²) in [4.78, 5) is 33.5. The summed E-state index contributed by atoms with van der Waals surface area (Å²) in [6, 6.07) is 12.0. The van der Waals surface area contributed by atoms with Crippen LogP contribution in [0, 0.1) is 0 Å². The Morgan fingerprint density at radius 3 is 2.53 bits per heavy atom. The Balaban J connectivity index is 1.24. The van der Waals surface area contributed by atoms with Gasteiger partial charge in [-0.3, -0.25) is 19.7 Å². The predicted octanol–water partition coefficient (Wildman–Crippen LogP) is 2.48. The van der Waals surface area contributed by atoms with Gasteiger partial charge in [0.25, 0.3) is 5.91 Å². The molecule has 0 unspecified atom stereocenters. The first-order chi connectivity index (χ1) is 14.7. The van der Waals surface area contributed by atoms with E-state index >= 15 is 0 Å². The fourth-order valence-corrected chi connectivity index (χ4v) is 4.29. The standard InChI is InChI=1S/C23H23N5O2/c29-21(8-7-16-4-3-10-24-12-16)27-11-9-19-20(15-27)25-26-22(19)23(30)28-13-17-5-1-2-6-18(17)14-28/h1-6,10,12H,7-9,11,13-15H2,(H,25,26). The Hall–Kier alpha value is -3.48. The van der Waals surface area contributed by atoms with Crippen molar-refractivity contribution in [2.75, 3.05) is 6.54 Å². The number of hydrogen-bond acceptors (Lipinski definition) is 4. The second-order valence-electron chi connectivity index (χ2n) is 7.89. The van der Waals surface area contributed by atoms with Crippen molar-refractivity contribution in [3.05, 3.63) is 82.4 Å². The van der Waals surface area contributed by atoms with E-state index in [9.17, 15) is 9.59 Å². The van der Waals surface area contributed by atoms with E-state index in [0.717, 1.165) is 16.8 Å². The summed E-state index contributed by atoms with van der Waals surface area (Å²) in [5.74, 6) is 0.0713. The third kappa shape index (κ3) is 3.47. The lowest BCUT2D eigenvalue weighted by Crippen LogP contribution is -2.36. The topological polar surface area (TPSA) is 82.2 Å². The SMILES string of the molecule is O=C(CCc1cccnc1)N1CCc2c(C(=O)N3Cc4ccccc4C3)n[nH]c2C1. The quantitative estimate of drug-likeness (QED) is 0.728. The number of pyridine rings is 1. The van der Waals surface area contributed by atoms with Crippen LogP contribution in [0.15, 0.2) is 48.8 Å². The second-order valence-corrected chi connectivity index (χ2v) is 7.89. The molecule has 7 nitrogen and oxygen atoms in total. The number of benzene rings is 1. The Morgan fingerprint density at radius 1 is 1.00 bits per heavy atom. The third-order valence-electron chi connectivity index (χ3n) is 5.97. The second kappa shape index (κ2) is 7.74. The number of H-pyrrole nitrogens is 1. The van der Waals surface area contributed by atoms with Crippen LogP contribution in [0.5, 0.6) is 0 Å². The molecule has 5 rings (SSSR count). The molecule has 30 heavy (non-hydrogen) atoms. The highest BCUT2D eigenvalue weighted by Crippen LogP contribution is 2.27. The lowest BCUT2D eigenvalue weighted by Gasteiger charge is -2.27. The van der Waals surface area contributed by atoms with Crippen molar-refractivity contribution in [3.63, 3.8) is 0 Å². The van der Waals surface area contributed by atoms with Crippen molar-refractivity contribution in [3.8, 4) is 0 Å². The van der Waals surface area contributed by atoms with Gasteiger partial charge in [-0.25, -0.2) is 0 Å². The van der Waals surface area contributed by atoms with Gasteiger partial charge in [-0.1, -0.05) is 30.3 Å². The van der Waals surface area contributed by atoms with Gasteiger partial charge in [0.2, 0.25) is 5.91 Å².